The fraction of sp³-hybridized carbons (Fsp3) is 0.222. The number of amides is 2. The predicted octanol–water partition coefficient (Wildman–Crippen LogP) is 2.25. The minimum Gasteiger partial charge on any atom is -0.383 e. The lowest BCUT2D eigenvalue weighted by molar-refractivity contribution is -0.123. The Hall–Kier alpha value is -2.44. The van der Waals surface area contributed by atoms with E-state index >= 15 is 0 Å². The van der Waals surface area contributed by atoms with Crippen LogP contribution in [0.3, 0.4) is 0 Å². The zero-order valence-corrected chi connectivity index (χ0v) is 14.4. The Morgan fingerprint density at radius 2 is 1.92 bits per heavy atom. The molecule has 2 rings (SSSR count). The molecule has 1 aromatic carbocycles. The Morgan fingerprint density at radius 1 is 1.21 bits per heavy atom. The van der Waals surface area contributed by atoms with Crippen LogP contribution in [0.2, 0.25) is 0 Å². The van der Waals surface area contributed by atoms with Crippen molar-refractivity contribution in [2.75, 3.05) is 6.54 Å². The van der Waals surface area contributed by atoms with Gasteiger partial charge in [-0.1, -0.05) is 36.4 Å². The van der Waals surface area contributed by atoms with Crippen molar-refractivity contribution in [2.45, 2.75) is 19.4 Å². The van der Waals surface area contributed by atoms with Crippen LogP contribution in [0.5, 0.6) is 0 Å². The van der Waals surface area contributed by atoms with Gasteiger partial charge in [0.2, 0.25) is 5.91 Å². The van der Waals surface area contributed by atoms with Crippen LogP contribution in [0.15, 0.2) is 53.5 Å². The first-order valence-electron chi connectivity index (χ1n) is 7.47. The van der Waals surface area contributed by atoms with Crippen LogP contribution in [0.4, 0.5) is 0 Å². The SMILES string of the molecule is CC(=O)NC(=Cc1ccccc1)C(=O)NCC(C)(O)c1cccs1. The second kappa shape index (κ2) is 7.90. The molecule has 0 fully saturated rings. The zero-order valence-electron chi connectivity index (χ0n) is 13.6. The summed E-state index contributed by atoms with van der Waals surface area (Å²) in [5, 5.41) is 17.5. The van der Waals surface area contributed by atoms with Gasteiger partial charge in [0.05, 0.1) is 6.54 Å². The highest BCUT2D eigenvalue weighted by molar-refractivity contribution is 7.10. The molecule has 0 aliphatic carbocycles. The molecule has 0 saturated heterocycles. The van der Waals surface area contributed by atoms with Crippen molar-refractivity contribution in [1.29, 1.82) is 0 Å². The Balaban J connectivity index is 2.11. The number of benzene rings is 1. The molecular formula is C18H20N2O3S. The first-order chi connectivity index (χ1) is 11.4. The van der Waals surface area contributed by atoms with Crippen LogP contribution in [0, 0.1) is 0 Å². The monoisotopic (exact) mass is 344 g/mol. The summed E-state index contributed by atoms with van der Waals surface area (Å²) in [5.41, 5.74) is -0.241. The topological polar surface area (TPSA) is 78.4 Å². The summed E-state index contributed by atoms with van der Waals surface area (Å²) in [7, 11) is 0. The van der Waals surface area contributed by atoms with E-state index in [0.717, 1.165) is 10.4 Å². The Kier molecular flexibility index (Phi) is 5.89. The number of aliphatic hydroxyl groups is 1. The van der Waals surface area contributed by atoms with Gasteiger partial charge in [-0.25, -0.2) is 0 Å². The molecule has 126 valence electrons. The van der Waals surface area contributed by atoms with Crippen molar-refractivity contribution in [3.63, 3.8) is 0 Å². The molecule has 2 amide bonds. The van der Waals surface area contributed by atoms with Gasteiger partial charge < -0.3 is 15.7 Å². The standard InChI is InChI=1S/C18H20N2O3S/c1-13(21)20-15(11-14-7-4-3-5-8-14)17(22)19-12-18(2,23)16-9-6-10-24-16/h3-11,23H,12H2,1-2H3,(H,19,22)(H,20,21). The molecule has 0 aliphatic heterocycles. The quantitative estimate of drug-likeness (QED) is 0.703. The maximum atomic E-state index is 12.4. The fourth-order valence-corrected chi connectivity index (χ4v) is 2.87. The van der Waals surface area contributed by atoms with Crippen LogP contribution < -0.4 is 10.6 Å². The first kappa shape index (κ1) is 17.9. The molecule has 5 nitrogen and oxygen atoms in total. The van der Waals surface area contributed by atoms with E-state index in [4.69, 9.17) is 0 Å². The smallest absolute Gasteiger partial charge is 0.267 e. The fourth-order valence-electron chi connectivity index (χ4n) is 2.08. The molecule has 1 aromatic heterocycles. The van der Waals surface area contributed by atoms with E-state index in [-0.39, 0.29) is 18.1 Å². The van der Waals surface area contributed by atoms with Crippen molar-refractivity contribution in [3.8, 4) is 0 Å². The van der Waals surface area contributed by atoms with Crippen molar-refractivity contribution < 1.29 is 14.7 Å². The zero-order chi connectivity index (χ0) is 17.6. The van der Waals surface area contributed by atoms with E-state index in [9.17, 15) is 14.7 Å². The number of hydrogen-bond donors (Lipinski definition) is 3. The van der Waals surface area contributed by atoms with Gasteiger partial charge in [-0.15, -0.1) is 11.3 Å². The summed E-state index contributed by atoms with van der Waals surface area (Å²) >= 11 is 1.42. The third-order valence-corrected chi connectivity index (χ3v) is 4.43. The molecule has 0 aliphatic rings. The van der Waals surface area contributed by atoms with Crippen molar-refractivity contribution in [3.05, 3.63) is 64.0 Å². The van der Waals surface area contributed by atoms with Gasteiger partial charge in [0.15, 0.2) is 0 Å². The molecule has 0 bridgehead atoms. The highest BCUT2D eigenvalue weighted by Gasteiger charge is 2.25. The summed E-state index contributed by atoms with van der Waals surface area (Å²) < 4.78 is 0. The van der Waals surface area contributed by atoms with Gasteiger partial charge in [-0.05, 0) is 30.0 Å². The summed E-state index contributed by atoms with van der Waals surface area (Å²) in [6.45, 7) is 3.02. The second-order valence-electron chi connectivity index (χ2n) is 5.58. The number of carbonyl (C=O) groups is 2. The van der Waals surface area contributed by atoms with Gasteiger partial charge in [-0.3, -0.25) is 9.59 Å². The van der Waals surface area contributed by atoms with Crippen molar-refractivity contribution in [1.82, 2.24) is 10.6 Å². The number of carbonyl (C=O) groups excluding carboxylic acids is 2. The molecule has 6 heteroatoms. The maximum absolute atomic E-state index is 12.4. The molecule has 1 atom stereocenters. The van der Waals surface area contributed by atoms with Crippen LogP contribution in [0.1, 0.15) is 24.3 Å². The molecule has 1 heterocycles. The van der Waals surface area contributed by atoms with Crippen LogP contribution in [-0.2, 0) is 15.2 Å². The van der Waals surface area contributed by atoms with Crippen LogP contribution in [0.25, 0.3) is 6.08 Å². The van der Waals surface area contributed by atoms with Crippen molar-refractivity contribution in [2.24, 2.45) is 0 Å². The van der Waals surface area contributed by atoms with E-state index in [2.05, 4.69) is 10.6 Å². The highest BCUT2D eigenvalue weighted by Crippen LogP contribution is 2.24. The van der Waals surface area contributed by atoms with Gasteiger partial charge in [-0.2, -0.15) is 0 Å². The molecule has 2 aromatic rings. The molecule has 24 heavy (non-hydrogen) atoms. The lowest BCUT2D eigenvalue weighted by atomic mass is 10.1. The molecular weight excluding hydrogens is 324 g/mol. The molecule has 0 saturated carbocycles. The Morgan fingerprint density at radius 3 is 2.50 bits per heavy atom. The third-order valence-electron chi connectivity index (χ3n) is 3.31. The van der Waals surface area contributed by atoms with E-state index < -0.39 is 11.5 Å². The van der Waals surface area contributed by atoms with Crippen molar-refractivity contribution >= 4 is 29.2 Å². The summed E-state index contributed by atoms with van der Waals surface area (Å²) in [4.78, 5) is 24.5. The largest absolute Gasteiger partial charge is 0.383 e. The molecule has 0 radical (unpaired) electrons. The van der Waals surface area contributed by atoms with Gasteiger partial charge in [0.1, 0.15) is 11.3 Å². The number of hydrogen-bond acceptors (Lipinski definition) is 4. The minimum atomic E-state index is -1.17. The van der Waals surface area contributed by atoms with Gasteiger partial charge in [0, 0.05) is 11.8 Å². The van der Waals surface area contributed by atoms with E-state index in [0.29, 0.717) is 0 Å². The molecule has 1 unspecified atom stereocenters. The summed E-state index contributed by atoms with van der Waals surface area (Å²) in [5.74, 6) is -0.789. The Bertz CT molecular complexity index is 722. The minimum absolute atomic E-state index is 0.0397. The Labute approximate surface area is 145 Å². The van der Waals surface area contributed by atoms with Crippen LogP contribution >= 0.6 is 11.3 Å². The molecule has 0 spiro atoms. The van der Waals surface area contributed by atoms with E-state index in [1.54, 1.807) is 13.0 Å². The first-order valence-corrected chi connectivity index (χ1v) is 8.35. The summed E-state index contributed by atoms with van der Waals surface area (Å²) in [6.07, 6.45) is 1.59. The maximum Gasteiger partial charge on any atom is 0.267 e. The highest BCUT2D eigenvalue weighted by atomic mass is 32.1. The van der Waals surface area contributed by atoms with Gasteiger partial charge >= 0.3 is 0 Å². The number of nitrogens with one attached hydrogen (secondary N) is 2. The summed E-state index contributed by atoms with van der Waals surface area (Å²) in [6, 6.07) is 12.9. The lowest BCUT2D eigenvalue weighted by Crippen LogP contribution is -2.41. The van der Waals surface area contributed by atoms with E-state index in [1.165, 1.54) is 18.3 Å². The third kappa shape index (κ3) is 5.04. The molecule has 3 N–H and O–H groups in total. The number of thiophene rings is 1. The van der Waals surface area contributed by atoms with Gasteiger partial charge in [0.25, 0.3) is 5.91 Å². The average molecular weight is 344 g/mol. The predicted molar refractivity (Wildman–Crippen MR) is 95.1 cm³/mol. The number of rotatable bonds is 6. The lowest BCUT2D eigenvalue weighted by Gasteiger charge is -2.22. The van der Waals surface area contributed by atoms with Crippen LogP contribution in [-0.4, -0.2) is 23.5 Å². The normalized spacial score (nSPS) is 13.9. The second-order valence-corrected chi connectivity index (χ2v) is 6.53. The average Bonchev–Trinajstić information content (AvgIpc) is 3.08. The van der Waals surface area contributed by atoms with E-state index in [1.807, 2.05) is 47.8 Å².